The Morgan fingerprint density at radius 3 is 2.90 bits per heavy atom. The summed E-state index contributed by atoms with van der Waals surface area (Å²) < 4.78 is 0. The summed E-state index contributed by atoms with van der Waals surface area (Å²) in [5.74, 6) is 1.03. The first-order chi connectivity index (χ1) is 15.1. The number of nitrogens with one attached hydrogen (secondary N) is 1. The quantitative estimate of drug-likeness (QED) is 0.695. The monoisotopic (exact) mass is 413 g/mol. The number of pyridine rings is 1. The van der Waals surface area contributed by atoms with Gasteiger partial charge in [0.1, 0.15) is 12.1 Å². The zero-order chi connectivity index (χ0) is 21.8. The van der Waals surface area contributed by atoms with Crippen LogP contribution in [0.3, 0.4) is 0 Å². The summed E-state index contributed by atoms with van der Waals surface area (Å²) >= 11 is 0. The molecule has 2 aromatic heterocycles. The molecular formula is C23H23N7O. The highest BCUT2D eigenvalue weighted by Crippen LogP contribution is 2.35. The number of fused-ring (bicyclic) bond motifs is 1. The number of urea groups is 1. The number of carbonyl (C=O) groups is 1. The molecule has 1 aromatic carbocycles. The zero-order valence-corrected chi connectivity index (χ0v) is 17.5. The van der Waals surface area contributed by atoms with E-state index in [-0.39, 0.29) is 12.1 Å². The van der Waals surface area contributed by atoms with Gasteiger partial charge in [-0.1, -0.05) is 12.1 Å². The molecule has 1 aliphatic rings. The number of aromatic nitrogens is 3. The Morgan fingerprint density at radius 2 is 2.16 bits per heavy atom. The topological polar surface area (TPSA) is 98.0 Å². The van der Waals surface area contributed by atoms with Gasteiger partial charge in [0.2, 0.25) is 0 Å². The molecular weight excluding hydrogens is 390 g/mol. The molecule has 8 nitrogen and oxygen atoms in total. The highest BCUT2D eigenvalue weighted by molar-refractivity contribution is 6.03. The molecule has 0 bridgehead atoms. The summed E-state index contributed by atoms with van der Waals surface area (Å²) in [6.07, 6.45) is 3.78. The van der Waals surface area contributed by atoms with Gasteiger partial charge in [0.15, 0.2) is 5.82 Å². The molecule has 0 saturated carbocycles. The number of hydrogen-bond donors (Lipinski definition) is 1. The lowest BCUT2D eigenvalue weighted by Gasteiger charge is -2.28. The molecule has 31 heavy (non-hydrogen) atoms. The largest absolute Gasteiger partial charge is 0.369 e. The fourth-order valence-corrected chi connectivity index (χ4v) is 3.73. The van der Waals surface area contributed by atoms with Gasteiger partial charge in [0, 0.05) is 30.9 Å². The van der Waals surface area contributed by atoms with Crippen molar-refractivity contribution in [1.82, 2.24) is 15.0 Å². The summed E-state index contributed by atoms with van der Waals surface area (Å²) in [6, 6.07) is 14.7. The second kappa shape index (κ2) is 8.79. The van der Waals surface area contributed by atoms with Crippen LogP contribution in [0.4, 0.5) is 22.1 Å². The minimum Gasteiger partial charge on any atom is -0.369 e. The summed E-state index contributed by atoms with van der Waals surface area (Å²) in [5, 5.41) is 12.1. The predicted octanol–water partition coefficient (Wildman–Crippen LogP) is 4.07. The summed E-state index contributed by atoms with van der Waals surface area (Å²) in [4.78, 5) is 30.1. The van der Waals surface area contributed by atoms with Crippen LogP contribution in [0.25, 0.3) is 11.3 Å². The highest BCUT2D eigenvalue weighted by Gasteiger charge is 2.31. The third-order valence-electron chi connectivity index (χ3n) is 5.39. The number of carbonyl (C=O) groups excluding carboxylic acids is 1. The molecule has 0 unspecified atom stereocenters. The van der Waals surface area contributed by atoms with Crippen molar-refractivity contribution in [1.29, 1.82) is 5.26 Å². The Balaban J connectivity index is 1.79. The lowest BCUT2D eigenvalue weighted by atomic mass is 10.1. The SMILES string of the molecule is CCN1CC[C@@H](C)N(C(=O)Nc2ccncn2)c2nc(-c3cccc(C#N)c3)ccc21. The third-order valence-corrected chi connectivity index (χ3v) is 5.39. The van der Waals surface area contributed by atoms with Gasteiger partial charge in [-0.3, -0.25) is 10.2 Å². The number of hydrogen-bond acceptors (Lipinski definition) is 6. The van der Waals surface area contributed by atoms with Gasteiger partial charge in [-0.25, -0.2) is 19.7 Å². The van der Waals surface area contributed by atoms with Gasteiger partial charge in [0.25, 0.3) is 0 Å². The standard InChI is InChI=1S/C23H23N7O/c1-3-29-12-10-16(2)30(23(31)28-21-9-11-25-15-26-21)22-20(29)8-7-19(27-22)18-6-4-5-17(13-18)14-24/h4-9,11,13,15-16H,3,10,12H2,1-2H3,(H,25,26,28,31)/t16-/m1/s1. The van der Waals surface area contributed by atoms with E-state index in [0.717, 1.165) is 30.8 Å². The molecule has 156 valence electrons. The Hall–Kier alpha value is -3.99. The van der Waals surface area contributed by atoms with Crippen LogP contribution < -0.4 is 15.1 Å². The fraction of sp³-hybridized carbons (Fsp3) is 0.261. The number of rotatable bonds is 3. The van der Waals surface area contributed by atoms with Gasteiger partial charge in [0.05, 0.1) is 23.0 Å². The van der Waals surface area contributed by atoms with Crippen LogP contribution in [0.15, 0.2) is 55.0 Å². The molecule has 0 aliphatic carbocycles. The van der Waals surface area contributed by atoms with Crippen molar-refractivity contribution in [3.8, 4) is 17.3 Å². The number of anilines is 3. The van der Waals surface area contributed by atoms with Crippen molar-refractivity contribution < 1.29 is 4.79 Å². The average Bonchev–Trinajstić information content (AvgIpc) is 2.94. The maximum absolute atomic E-state index is 13.3. The Kier molecular flexibility index (Phi) is 5.76. The van der Waals surface area contributed by atoms with Crippen LogP contribution in [0, 0.1) is 11.3 Å². The van der Waals surface area contributed by atoms with Crippen molar-refractivity contribution in [2.45, 2.75) is 26.3 Å². The maximum atomic E-state index is 13.3. The summed E-state index contributed by atoms with van der Waals surface area (Å²) in [7, 11) is 0. The van der Waals surface area contributed by atoms with Crippen molar-refractivity contribution in [2.75, 3.05) is 28.2 Å². The van der Waals surface area contributed by atoms with E-state index in [1.54, 1.807) is 29.3 Å². The summed E-state index contributed by atoms with van der Waals surface area (Å²) in [5.41, 5.74) is 3.01. The molecule has 0 saturated heterocycles. The van der Waals surface area contributed by atoms with E-state index in [9.17, 15) is 10.1 Å². The predicted molar refractivity (Wildman–Crippen MR) is 120 cm³/mol. The van der Waals surface area contributed by atoms with E-state index >= 15 is 0 Å². The number of nitriles is 1. The second-order valence-corrected chi connectivity index (χ2v) is 7.34. The average molecular weight is 413 g/mol. The number of amides is 2. The molecule has 0 radical (unpaired) electrons. The Labute approximate surface area is 181 Å². The molecule has 1 N–H and O–H groups in total. The van der Waals surface area contributed by atoms with Crippen molar-refractivity contribution >= 4 is 23.4 Å². The van der Waals surface area contributed by atoms with Crippen LogP contribution in [-0.2, 0) is 0 Å². The molecule has 2 amide bonds. The molecule has 1 aliphatic heterocycles. The van der Waals surface area contributed by atoms with Gasteiger partial charge in [-0.05, 0) is 50.6 Å². The first-order valence-corrected chi connectivity index (χ1v) is 10.2. The van der Waals surface area contributed by atoms with Crippen LogP contribution in [0.5, 0.6) is 0 Å². The molecule has 1 atom stereocenters. The van der Waals surface area contributed by atoms with Gasteiger partial charge < -0.3 is 4.90 Å². The minimum atomic E-state index is -0.291. The molecule has 4 rings (SSSR count). The molecule has 0 fully saturated rings. The van der Waals surface area contributed by atoms with Crippen molar-refractivity contribution in [2.24, 2.45) is 0 Å². The van der Waals surface area contributed by atoms with E-state index in [4.69, 9.17) is 4.98 Å². The van der Waals surface area contributed by atoms with E-state index in [2.05, 4.69) is 33.2 Å². The lowest BCUT2D eigenvalue weighted by molar-refractivity contribution is 0.255. The lowest BCUT2D eigenvalue weighted by Crippen LogP contribution is -2.42. The number of nitrogens with zero attached hydrogens (tertiary/aromatic N) is 6. The molecule has 8 heteroatoms. The normalized spacial score (nSPS) is 15.6. The molecule has 3 heterocycles. The van der Waals surface area contributed by atoms with Crippen LogP contribution in [-0.4, -0.2) is 40.1 Å². The van der Waals surface area contributed by atoms with Crippen molar-refractivity contribution in [3.63, 3.8) is 0 Å². The van der Waals surface area contributed by atoms with Crippen molar-refractivity contribution in [3.05, 3.63) is 60.6 Å². The Morgan fingerprint density at radius 1 is 1.29 bits per heavy atom. The molecule has 3 aromatic rings. The van der Waals surface area contributed by atoms with Gasteiger partial charge in [-0.2, -0.15) is 5.26 Å². The van der Waals surface area contributed by atoms with E-state index in [0.29, 0.717) is 22.9 Å². The minimum absolute atomic E-state index is 0.0645. The highest BCUT2D eigenvalue weighted by atomic mass is 16.2. The van der Waals surface area contributed by atoms with E-state index in [1.165, 1.54) is 6.33 Å². The van der Waals surface area contributed by atoms with Gasteiger partial charge >= 0.3 is 6.03 Å². The first-order valence-electron chi connectivity index (χ1n) is 10.2. The second-order valence-electron chi connectivity index (χ2n) is 7.34. The third kappa shape index (κ3) is 4.16. The van der Waals surface area contributed by atoms with Gasteiger partial charge in [-0.15, -0.1) is 0 Å². The van der Waals surface area contributed by atoms with E-state index in [1.807, 2.05) is 31.2 Å². The maximum Gasteiger partial charge on any atom is 0.328 e. The van der Waals surface area contributed by atoms with Crippen LogP contribution >= 0.6 is 0 Å². The first kappa shape index (κ1) is 20.3. The molecule has 0 spiro atoms. The number of benzene rings is 1. The fourth-order valence-electron chi connectivity index (χ4n) is 3.73. The Bertz CT molecular complexity index is 1130. The zero-order valence-electron chi connectivity index (χ0n) is 17.5. The van der Waals surface area contributed by atoms with Crippen LogP contribution in [0.2, 0.25) is 0 Å². The van der Waals surface area contributed by atoms with E-state index < -0.39 is 0 Å². The smallest absolute Gasteiger partial charge is 0.328 e. The van der Waals surface area contributed by atoms with Crippen LogP contribution in [0.1, 0.15) is 25.8 Å². The summed E-state index contributed by atoms with van der Waals surface area (Å²) in [6.45, 7) is 5.75.